The van der Waals surface area contributed by atoms with E-state index in [1.54, 1.807) is 0 Å². The zero-order chi connectivity index (χ0) is 12.0. The van der Waals surface area contributed by atoms with Gasteiger partial charge in [-0.1, -0.05) is 20.3 Å². The highest BCUT2D eigenvalue weighted by molar-refractivity contribution is 4.88. The predicted molar refractivity (Wildman–Crippen MR) is 71.8 cm³/mol. The highest BCUT2D eigenvalue weighted by atomic mass is 15.2. The van der Waals surface area contributed by atoms with E-state index < -0.39 is 0 Å². The third-order valence-electron chi connectivity index (χ3n) is 3.79. The van der Waals surface area contributed by atoms with E-state index in [1.807, 2.05) is 0 Å². The third-order valence-corrected chi connectivity index (χ3v) is 3.79. The molecule has 0 spiro atoms. The van der Waals surface area contributed by atoms with Crippen LogP contribution in [0.15, 0.2) is 0 Å². The number of rotatable bonds is 9. The van der Waals surface area contributed by atoms with E-state index in [0.29, 0.717) is 0 Å². The molecule has 2 heteroatoms. The Kier molecular flexibility index (Phi) is 6.37. The summed E-state index contributed by atoms with van der Waals surface area (Å²) in [5.74, 6) is 0.961. The fraction of sp³-hybridized carbons (Fsp3) is 1.00. The molecule has 2 unspecified atom stereocenters. The van der Waals surface area contributed by atoms with Crippen molar-refractivity contribution in [2.45, 2.75) is 65.0 Å². The first kappa shape index (κ1) is 14.0. The quantitative estimate of drug-likeness (QED) is 0.650. The maximum Gasteiger partial charge on any atom is 0.0223 e. The van der Waals surface area contributed by atoms with Crippen molar-refractivity contribution in [2.24, 2.45) is 5.92 Å². The van der Waals surface area contributed by atoms with Gasteiger partial charge in [0.05, 0.1) is 0 Å². The Morgan fingerprint density at radius 2 is 1.94 bits per heavy atom. The Morgan fingerprint density at radius 1 is 1.25 bits per heavy atom. The second-order valence-corrected chi connectivity index (χ2v) is 5.48. The zero-order valence-electron chi connectivity index (χ0n) is 11.6. The molecular weight excluding hydrogens is 196 g/mol. The minimum atomic E-state index is 0.731. The van der Waals surface area contributed by atoms with Crippen molar-refractivity contribution >= 4 is 0 Å². The Morgan fingerprint density at radius 3 is 2.44 bits per heavy atom. The fourth-order valence-corrected chi connectivity index (χ4v) is 2.34. The third kappa shape index (κ3) is 4.84. The molecule has 1 N–H and O–H groups in total. The monoisotopic (exact) mass is 226 g/mol. The molecule has 1 saturated carbocycles. The van der Waals surface area contributed by atoms with Gasteiger partial charge in [0.15, 0.2) is 0 Å². The van der Waals surface area contributed by atoms with Gasteiger partial charge in [-0.15, -0.1) is 0 Å². The molecule has 0 aromatic rings. The summed E-state index contributed by atoms with van der Waals surface area (Å²) >= 11 is 0. The van der Waals surface area contributed by atoms with Crippen molar-refractivity contribution in [2.75, 3.05) is 20.1 Å². The first-order chi connectivity index (χ1) is 7.69. The molecule has 0 heterocycles. The molecule has 0 aliphatic heterocycles. The lowest BCUT2D eigenvalue weighted by molar-refractivity contribution is 0.209. The number of likely N-dealkylation sites (N-methyl/N-ethyl adjacent to an activating group) is 1. The van der Waals surface area contributed by atoms with Crippen LogP contribution >= 0.6 is 0 Å². The van der Waals surface area contributed by atoms with Gasteiger partial charge in [-0.05, 0) is 52.1 Å². The summed E-state index contributed by atoms with van der Waals surface area (Å²) in [6.45, 7) is 9.29. The summed E-state index contributed by atoms with van der Waals surface area (Å²) in [6.07, 6.45) is 6.75. The Balaban J connectivity index is 2.29. The van der Waals surface area contributed by atoms with Gasteiger partial charge in [0.25, 0.3) is 0 Å². The Labute approximate surface area is 102 Å². The topological polar surface area (TPSA) is 15.3 Å². The van der Waals surface area contributed by atoms with Crippen molar-refractivity contribution in [3.63, 3.8) is 0 Å². The Hall–Kier alpha value is -0.0800. The van der Waals surface area contributed by atoms with Crippen molar-refractivity contribution in [3.8, 4) is 0 Å². The van der Waals surface area contributed by atoms with Gasteiger partial charge in [0.2, 0.25) is 0 Å². The number of nitrogens with one attached hydrogen (secondary N) is 1. The summed E-state index contributed by atoms with van der Waals surface area (Å²) in [5.41, 5.74) is 0. The van der Waals surface area contributed by atoms with Gasteiger partial charge >= 0.3 is 0 Å². The van der Waals surface area contributed by atoms with Gasteiger partial charge in [0, 0.05) is 18.6 Å². The van der Waals surface area contributed by atoms with E-state index in [1.165, 1.54) is 45.2 Å². The fourth-order valence-electron chi connectivity index (χ4n) is 2.34. The molecule has 0 amide bonds. The van der Waals surface area contributed by atoms with Crippen LogP contribution in [0.4, 0.5) is 0 Å². The van der Waals surface area contributed by atoms with Gasteiger partial charge in [-0.3, -0.25) is 0 Å². The van der Waals surface area contributed by atoms with Crippen LogP contribution in [0.1, 0.15) is 52.9 Å². The molecule has 0 radical (unpaired) electrons. The van der Waals surface area contributed by atoms with Crippen molar-refractivity contribution in [1.82, 2.24) is 10.2 Å². The lowest BCUT2D eigenvalue weighted by Crippen LogP contribution is -2.44. The molecule has 1 aliphatic carbocycles. The summed E-state index contributed by atoms with van der Waals surface area (Å²) in [7, 11) is 2.28. The van der Waals surface area contributed by atoms with Crippen LogP contribution in [-0.2, 0) is 0 Å². The van der Waals surface area contributed by atoms with Crippen LogP contribution in [0.3, 0.4) is 0 Å². The number of hydrogen-bond acceptors (Lipinski definition) is 2. The van der Waals surface area contributed by atoms with E-state index in [9.17, 15) is 0 Å². The SMILES string of the molecule is CCCNC(CN(C)C(C)CCC)C1CC1. The molecular formula is C14H30N2. The molecule has 0 saturated heterocycles. The highest BCUT2D eigenvalue weighted by Gasteiger charge is 2.31. The van der Waals surface area contributed by atoms with Gasteiger partial charge in [0.1, 0.15) is 0 Å². The Bertz CT molecular complexity index is 178. The summed E-state index contributed by atoms with van der Waals surface area (Å²) < 4.78 is 0. The molecule has 1 fully saturated rings. The maximum atomic E-state index is 3.72. The molecule has 96 valence electrons. The van der Waals surface area contributed by atoms with E-state index in [2.05, 4.69) is 38.0 Å². The average molecular weight is 226 g/mol. The van der Waals surface area contributed by atoms with E-state index in [4.69, 9.17) is 0 Å². The summed E-state index contributed by atoms with van der Waals surface area (Å²) in [4.78, 5) is 2.54. The second-order valence-electron chi connectivity index (χ2n) is 5.48. The van der Waals surface area contributed by atoms with Gasteiger partial charge < -0.3 is 10.2 Å². The van der Waals surface area contributed by atoms with E-state index in [-0.39, 0.29) is 0 Å². The standard InChI is InChI=1S/C14H30N2/c1-5-7-12(3)16(4)11-14(13-8-9-13)15-10-6-2/h12-15H,5-11H2,1-4H3. The van der Waals surface area contributed by atoms with E-state index >= 15 is 0 Å². The van der Waals surface area contributed by atoms with E-state index in [0.717, 1.165) is 18.0 Å². The van der Waals surface area contributed by atoms with Crippen LogP contribution in [0.25, 0.3) is 0 Å². The van der Waals surface area contributed by atoms with Crippen LogP contribution < -0.4 is 5.32 Å². The van der Waals surface area contributed by atoms with Crippen LogP contribution in [0, 0.1) is 5.92 Å². The first-order valence-corrected chi connectivity index (χ1v) is 7.12. The van der Waals surface area contributed by atoms with Crippen molar-refractivity contribution < 1.29 is 0 Å². The van der Waals surface area contributed by atoms with Crippen LogP contribution in [0.5, 0.6) is 0 Å². The molecule has 1 aliphatic rings. The highest BCUT2D eigenvalue weighted by Crippen LogP contribution is 2.33. The number of hydrogen-bond donors (Lipinski definition) is 1. The normalized spacial score (nSPS) is 20.1. The second kappa shape index (κ2) is 7.29. The van der Waals surface area contributed by atoms with Crippen molar-refractivity contribution in [1.29, 1.82) is 0 Å². The summed E-state index contributed by atoms with van der Waals surface area (Å²) in [6, 6.07) is 1.47. The van der Waals surface area contributed by atoms with Crippen LogP contribution in [0.2, 0.25) is 0 Å². The van der Waals surface area contributed by atoms with Crippen molar-refractivity contribution in [3.05, 3.63) is 0 Å². The molecule has 16 heavy (non-hydrogen) atoms. The molecule has 0 bridgehead atoms. The average Bonchev–Trinajstić information content (AvgIpc) is 3.08. The predicted octanol–water partition coefficient (Wildman–Crippen LogP) is 2.89. The van der Waals surface area contributed by atoms with Gasteiger partial charge in [-0.2, -0.15) is 0 Å². The minimum Gasteiger partial charge on any atom is -0.312 e. The largest absolute Gasteiger partial charge is 0.312 e. The molecule has 2 atom stereocenters. The lowest BCUT2D eigenvalue weighted by Gasteiger charge is -2.29. The lowest BCUT2D eigenvalue weighted by atomic mass is 10.1. The zero-order valence-corrected chi connectivity index (χ0v) is 11.6. The maximum absolute atomic E-state index is 3.72. The van der Waals surface area contributed by atoms with Gasteiger partial charge in [-0.25, -0.2) is 0 Å². The molecule has 2 nitrogen and oxygen atoms in total. The van der Waals surface area contributed by atoms with Crippen LogP contribution in [-0.4, -0.2) is 37.1 Å². The minimum absolute atomic E-state index is 0.731. The smallest absolute Gasteiger partial charge is 0.0223 e. The molecule has 0 aromatic heterocycles. The first-order valence-electron chi connectivity index (χ1n) is 7.12. The summed E-state index contributed by atoms with van der Waals surface area (Å²) in [5, 5.41) is 3.72. The molecule has 1 rings (SSSR count). The number of nitrogens with zero attached hydrogens (tertiary/aromatic N) is 1. The molecule has 0 aromatic carbocycles.